The van der Waals surface area contributed by atoms with Crippen LogP contribution in [0, 0.1) is 41.5 Å². The lowest BCUT2D eigenvalue weighted by atomic mass is 9.81. The van der Waals surface area contributed by atoms with E-state index in [4.69, 9.17) is 9.98 Å². The SMILES string of the molecule is CCC1=C(C)C2=NC1C=c1[nH]c(c(CC)c1C)=Cc1[nH]c(c(C)c1CC)C=c1[nH]c(c(C)c1CC)=C2C1=CC=CC2c3cccc(C4=c5[nH]c(c(CC)c5C)=Cc5[nH]c(c(CC)c5C)C=c5[nH]c(c(C)c5CC)=CC5N=C4C(C)=C5CC)c3SC12. The first-order valence-corrected chi connectivity index (χ1v) is 32.8. The molecule has 1 aromatic carbocycles. The van der Waals surface area contributed by atoms with E-state index >= 15 is 0 Å². The van der Waals surface area contributed by atoms with Gasteiger partial charge in [0.1, 0.15) is 0 Å². The molecule has 0 fully saturated rings. The second kappa shape index (κ2) is 21.8. The van der Waals surface area contributed by atoms with Crippen LogP contribution in [0.15, 0.2) is 79.2 Å². The van der Waals surface area contributed by atoms with Gasteiger partial charge < -0.3 is 29.9 Å². The normalized spacial score (nSPS) is 19.5. The number of fused-ring (bicyclic) bond motifs is 17. The summed E-state index contributed by atoms with van der Waals surface area (Å²) in [6.45, 7) is 36.9. The quantitative estimate of drug-likeness (QED) is 0.0804. The molecular formula is C76H86N8S. The summed E-state index contributed by atoms with van der Waals surface area (Å²) >= 11 is 2.05. The summed E-state index contributed by atoms with van der Waals surface area (Å²) in [7, 11) is 0. The zero-order valence-corrected chi connectivity index (χ0v) is 54.0. The maximum Gasteiger partial charge on any atom is 0.0927 e. The maximum atomic E-state index is 5.94. The van der Waals surface area contributed by atoms with Crippen LogP contribution in [0.2, 0.25) is 0 Å². The number of nitrogens with one attached hydrogen (secondary N) is 6. The predicted octanol–water partition coefficient (Wildman–Crippen LogP) is 11.0. The van der Waals surface area contributed by atoms with Gasteiger partial charge in [-0.15, -0.1) is 11.8 Å². The molecule has 6 aliphatic rings. The van der Waals surface area contributed by atoms with Crippen LogP contribution in [-0.2, 0) is 38.5 Å². The molecule has 0 spiro atoms. The summed E-state index contributed by atoms with van der Waals surface area (Å²) in [6.07, 6.45) is 29.0. The van der Waals surface area contributed by atoms with Crippen molar-refractivity contribution in [3.8, 4) is 0 Å². The fraction of sp³-hybridized carbons (Fsp3) is 0.368. The summed E-state index contributed by atoms with van der Waals surface area (Å²) < 4.78 is 0. The highest BCUT2D eigenvalue weighted by Crippen LogP contribution is 2.55. The number of benzene rings is 1. The Morgan fingerprint density at radius 2 is 0.871 bits per heavy atom. The molecule has 0 radical (unpaired) electrons. The van der Waals surface area contributed by atoms with Gasteiger partial charge in [-0.3, -0.25) is 9.98 Å². The van der Waals surface area contributed by atoms with Crippen LogP contribution in [0.1, 0.15) is 189 Å². The monoisotopic (exact) mass is 1140 g/mol. The molecule has 7 aromatic rings. The Hall–Kier alpha value is -7.49. The molecule has 11 heterocycles. The Morgan fingerprint density at radius 3 is 1.34 bits per heavy atom. The minimum atomic E-state index is -0.108. The van der Waals surface area contributed by atoms with Crippen molar-refractivity contribution in [1.82, 2.24) is 29.9 Å². The molecule has 8 nitrogen and oxygen atoms in total. The molecule has 1 aliphatic carbocycles. The van der Waals surface area contributed by atoms with E-state index in [-0.39, 0.29) is 23.3 Å². The lowest BCUT2D eigenvalue weighted by Gasteiger charge is -2.25. The number of nitrogens with zero attached hydrogens (tertiary/aromatic N) is 2. The van der Waals surface area contributed by atoms with Gasteiger partial charge in [0.25, 0.3) is 0 Å². The van der Waals surface area contributed by atoms with Crippen LogP contribution in [-0.4, -0.2) is 58.7 Å². The van der Waals surface area contributed by atoms with Crippen molar-refractivity contribution in [2.24, 2.45) is 9.98 Å². The first kappa shape index (κ1) is 56.6. The fourth-order valence-corrected chi connectivity index (χ4v) is 17.6. The standard InChI is InChI=1S/C76H86N8S/c1-17-45-37(9)57-31-65-49(21-5)41(13)71(81-65)69(72-42(14)50(22-6)66(82-72)32-58-38(10)46(18-2)62(78-58)35-61(45)77-57)55-29-25-27-53-54-28-26-30-56(76(54)85-75(53)55)70-73-43(15)51(23-7)67(83-73)33-59-39(11)47(19-3)63(79-59)36-64-48(20-4)40(12)60(80-64)34-68-52(24-8)44(16)74(70)84-68/h25-36,53,65,67,75,77-80,82,84H,17-24H2,1-16H3. The van der Waals surface area contributed by atoms with Crippen molar-refractivity contribution in [3.05, 3.63) is 208 Å². The highest BCUT2D eigenvalue weighted by atomic mass is 32.2. The smallest absolute Gasteiger partial charge is 0.0927 e. The third-order valence-electron chi connectivity index (χ3n) is 20.6. The number of hydrogen-bond acceptors (Lipinski definition) is 3. The molecule has 13 rings (SSSR count). The molecule has 6 N–H and O–H groups in total. The highest BCUT2D eigenvalue weighted by Gasteiger charge is 2.42. The number of thioether (sulfide) groups is 1. The minimum absolute atomic E-state index is 0.0789. The van der Waals surface area contributed by atoms with Gasteiger partial charge in [0, 0.05) is 82.1 Å². The van der Waals surface area contributed by atoms with Gasteiger partial charge in [0.15, 0.2) is 0 Å². The van der Waals surface area contributed by atoms with Gasteiger partial charge >= 0.3 is 0 Å². The average Bonchev–Trinajstić information content (AvgIpc) is 1.93. The largest absolute Gasteiger partial charge is 0.355 e. The summed E-state index contributed by atoms with van der Waals surface area (Å²) in [5, 5.41) is 9.41. The highest BCUT2D eigenvalue weighted by molar-refractivity contribution is 8.00. The summed E-state index contributed by atoms with van der Waals surface area (Å²) in [6, 6.07) is 6.92. The number of rotatable bonds is 10. The third kappa shape index (κ3) is 8.74. The summed E-state index contributed by atoms with van der Waals surface area (Å²) in [5.74, 6) is 0.128. The average molecular weight is 1140 g/mol. The Bertz CT molecular complexity index is 4770. The van der Waals surface area contributed by atoms with Crippen LogP contribution < -0.4 is 42.8 Å². The fourth-order valence-electron chi connectivity index (χ4n) is 16.0. The Balaban J connectivity index is 1.06. The number of aromatic amines is 6. The molecule has 5 aliphatic heterocycles. The molecule has 436 valence electrons. The minimum Gasteiger partial charge on any atom is -0.355 e. The predicted molar refractivity (Wildman–Crippen MR) is 360 cm³/mol. The van der Waals surface area contributed by atoms with Crippen LogP contribution in [0.3, 0.4) is 0 Å². The number of allylic oxidation sites excluding steroid dienone is 5. The van der Waals surface area contributed by atoms with E-state index in [0.29, 0.717) is 0 Å². The van der Waals surface area contributed by atoms with Crippen molar-refractivity contribution in [3.63, 3.8) is 0 Å². The van der Waals surface area contributed by atoms with Gasteiger partial charge in [-0.2, -0.15) is 0 Å². The second-order valence-electron chi connectivity index (χ2n) is 24.7. The molecule has 0 amide bonds. The van der Waals surface area contributed by atoms with Crippen molar-refractivity contribution in [2.75, 3.05) is 0 Å². The Morgan fingerprint density at radius 1 is 0.435 bits per heavy atom. The van der Waals surface area contributed by atoms with Gasteiger partial charge in [-0.25, -0.2) is 0 Å². The second-order valence-corrected chi connectivity index (χ2v) is 25.8. The van der Waals surface area contributed by atoms with Crippen LogP contribution in [0.4, 0.5) is 0 Å². The molecular weight excluding hydrogens is 1060 g/mol. The molecule has 16 bridgehead atoms. The van der Waals surface area contributed by atoms with Crippen LogP contribution in [0.5, 0.6) is 0 Å². The van der Waals surface area contributed by atoms with Crippen LogP contribution >= 0.6 is 11.8 Å². The molecule has 9 heteroatoms. The Kier molecular flexibility index (Phi) is 14.5. The molecule has 0 saturated carbocycles. The number of aliphatic imine (C=N–C) groups is 2. The lowest BCUT2D eigenvalue weighted by molar-refractivity contribution is 0.859. The van der Waals surface area contributed by atoms with E-state index < -0.39 is 0 Å². The molecule has 85 heavy (non-hydrogen) atoms. The van der Waals surface area contributed by atoms with Crippen molar-refractivity contribution in [2.45, 2.75) is 190 Å². The van der Waals surface area contributed by atoms with Gasteiger partial charge in [0.2, 0.25) is 0 Å². The topological polar surface area (TPSA) is 119 Å². The van der Waals surface area contributed by atoms with E-state index in [1.807, 2.05) is 11.8 Å². The van der Waals surface area contributed by atoms with E-state index in [1.165, 1.54) is 155 Å². The number of H-pyrrole nitrogens is 6. The van der Waals surface area contributed by atoms with E-state index in [1.54, 1.807) is 0 Å². The van der Waals surface area contributed by atoms with E-state index in [2.05, 4.69) is 214 Å². The zero-order chi connectivity index (χ0) is 59.6. The van der Waals surface area contributed by atoms with E-state index in [9.17, 15) is 0 Å². The zero-order valence-electron chi connectivity index (χ0n) is 53.2. The first-order valence-electron chi connectivity index (χ1n) is 32.0. The summed E-state index contributed by atoms with van der Waals surface area (Å²) in [5.41, 5.74) is 34.4. The van der Waals surface area contributed by atoms with Crippen molar-refractivity contribution >= 4 is 70.8 Å². The van der Waals surface area contributed by atoms with Crippen molar-refractivity contribution in [1.29, 1.82) is 0 Å². The molecule has 6 aromatic heterocycles. The summed E-state index contributed by atoms with van der Waals surface area (Å²) in [4.78, 5) is 37.3. The molecule has 4 unspecified atom stereocenters. The molecule has 4 atom stereocenters. The van der Waals surface area contributed by atoms with Gasteiger partial charge in [0.05, 0.1) is 34.2 Å². The van der Waals surface area contributed by atoms with E-state index in [0.717, 1.165) is 95.6 Å². The Labute approximate surface area is 505 Å². The number of aromatic nitrogens is 6. The maximum absolute atomic E-state index is 5.94. The molecule has 0 saturated heterocycles. The van der Waals surface area contributed by atoms with Gasteiger partial charge in [-0.1, -0.05) is 91.8 Å². The van der Waals surface area contributed by atoms with Crippen LogP contribution in [0.25, 0.3) is 47.6 Å². The van der Waals surface area contributed by atoms with Crippen molar-refractivity contribution < 1.29 is 0 Å². The first-order chi connectivity index (χ1) is 41.1. The third-order valence-corrected chi connectivity index (χ3v) is 22.1. The van der Waals surface area contributed by atoms with Gasteiger partial charge in [-0.05, 0) is 249 Å². The number of hydrogen-bond donors (Lipinski definition) is 6. The lowest BCUT2D eigenvalue weighted by Crippen LogP contribution is -2.26.